The van der Waals surface area contributed by atoms with E-state index >= 15 is 0 Å². The van der Waals surface area contributed by atoms with Gasteiger partial charge in [-0.25, -0.2) is 0 Å². The molecule has 162 valence electrons. The third-order valence-electron chi connectivity index (χ3n) is 4.67. The summed E-state index contributed by atoms with van der Waals surface area (Å²) in [4.78, 5) is 27.3. The van der Waals surface area contributed by atoms with E-state index in [1.54, 1.807) is 23.6 Å². The van der Waals surface area contributed by atoms with Crippen molar-refractivity contribution in [2.45, 2.75) is 45.0 Å². The largest absolute Gasteiger partial charge is 0.354 e. The van der Waals surface area contributed by atoms with Gasteiger partial charge in [0, 0.05) is 27.8 Å². The SMILES string of the molecule is CCCCNC(=O)[C@@H](C)N(Cc1ccc(Br)cc1)C(=O)CSCc1ccc(Br)cc1. The quantitative estimate of drug-likeness (QED) is 0.358. The van der Waals surface area contributed by atoms with E-state index in [-0.39, 0.29) is 11.8 Å². The molecule has 2 rings (SSSR count). The molecule has 4 nitrogen and oxygen atoms in total. The van der Waals surface area contributed by atoms with Crippen molar-refractivity contribution in [1.82, 2.24) is 10.2 Å². The zero-order valence-electron chi connectivity index (χ0n) is 17.4. The van der Waals surface area contributed by atoms with Crippen LogP contribution in [0.3, 0.4) is 0 Å². The predicted molar refractivity (Wildman–Crippen MR) is 132 cm³/mol. The summed E-state index contributed by atoms with van der Waals surface area (Å²) < 4.78 is 2.02. The minimum atomic E-state index is -0.522. The predicted octanol–water partition coefficient (Wildman–Crippen LogP) is 5.78. The van der Waals surface area contributed by atoms with Crippen molar-refractivity contribution >= 4 is 55.4 Å². The molecule has 0 fully saturated rings. The van der Waals surface area contributed by atoms with Crippen molar-refractivity contribution < 1.29 is 9.59 Å². The number of nitrogens with one attached hydrogen (secondary N) is 1. The van der Waals surface area contributed by atoms with Gasteiger partial charge in [0.15, 0.2) is 0 Å². The highest BCUT2D eigenvalue weighted by atomic mass is 79.9. The van der Waals surface area contributed by atoms with Gasteiger partial charge in [-0.05, 0) is 48.7 Å². The topological polar surface area (TPSA) is 49.4 Å². The summed E-state index contributed by atoms with van der Waals surface area (Å²) in [6.07, 6.45) is 1.95. The molecular weight excluding hydrogens is 528 g/mol. The number of carbonyl (C=O) groups excluding carboxylic acids is 2. The standard InChI is InChI=1S/C23H28Br2N2O2S/c1-3-4-13-26-23(29)17(2)27(14-18-5-9-20(24)10-6-18)22(28)16-30-15-19-7-11-21(25)12-8-19/h5-12,17H,3-4,13-16H2,1-2H3,(H,26,29)/t17-/m1/s1. The summed E-state index contributed by atoms with van der Waals surface area (Å²) in [6, 6.07) is 15.4. The Morgan fingerprint density at radius 3 is 2.13 bits per heavy atom. The molecule has 7 heteroatoms. The molecule has 0 aromatic heterocycles. The highest BCUT2D eigenvalue weighted by molar-refractivity contribution is 9.10. The van der Waals surface area contributed by atoms with Crippen molar-refractivity contribution in [1.29, 1.82) is 0 Å². The number of nitrogens with zero attached hydrogens (tertiary/aromatic N) is 1. The number of amides is 2. The Bertz CT molecular complexity index is 813. The molecule has 0 radical (unpaired) electrons. The number of unbranched alkanes of at least 4 members (excludes halogenated alkanes) is 1. The fourth-order valence-electron chi connectivity index (χ4n) is 2.82. The van der Waals surface area contributed by atoms with Crippen molar-refractivity contribution in [2.75, 3.05) is 12.3 Å². The number of hydrogen-bond donors (Lipinski definition) is 1. The normalized spacial score (nSPS) is 11.7. The molecule has 1 N–H and O–H groups in total. The van der Waals surface area contributed by atoms with Crippen LogP contribution in [0.1, 0.15) is 37.8 Å². The Morgan fingerprint density at radius 1 is 1.00 bits per heavy atom. The van der Waals surface area contributed by atoms with Crippen LogP contribution in [0.15, 0.2) is 57.5 Å². The zero-order chi connectivity index (χ0) is 21.9. The Labute approximate surface area is 200 Å². The maximum atomic E-state index is 13.0. The van der Waals surface area contributed by atoms with Crippen molar-refractivity contribution in [3.8, 4) is 0 Å². The first kappa shape index (κ1) is 25.0. The fraction of sp³-hybridized carbons (Fsp3) is 0.391. The van der Waals surface area contributed by atoms with Gasteiger partial charge in [0.25, 0.3) is 0 Å². The van der Waals surface area contributed by atoms with Crippen LogP contribution in [-0.4, -0.2) is 35.1 Å². The van der Waals surface area contributed by atoms with Crippen LogP contribution in [0.25, 0.3) is 0 Å². The first-order valence-electron chi connectivity index (χ1n) is 10.0. The molecule has 0 aliphatic carbocycles. The van der Waals surface area contributed by atoms with E-state index in [0.717, 1.165) is 33.1 Å². The molecule has 0 aliphatic heterocycles. The minimum absolute atomic E-state index is 0.0295. The molecule has 1 atom stereocenters. The second kappa shape index (κ2) is 13.2. The smallest absolute Gasteiger partial charge is 0.242 e. The van der Waals surface area contributed by atoms with E-state index in [4.69, 9.17) is 0 Å². The summed E-state index contributed by atoms with van der Waals surface area (Å²) in [5, 5.41) is 2.95. The summed E-state index contributed by atoms with van der Waals surface area (Å²) in [7, 11) is 0. The van der Waals surface area contributed by atoms with Gasteiger partial charge in [-0.1, -0.05) is 69.5 Å². The number of benzene rings is 2. The van der Waals surface area contributed by atoms with Crippen molar-refractivity contribution in [2.24, 2.45) is 0 Å². The summed E-state index contributed by atoms with van der Waals surface area (Å²) in [5.74, 6) is 0.950. The van der Waals surface area contributed by atoms with Gasteiger partial charge in [0.05, 0.1) is 5.75 Å². The van der Waals surface area contributed by atoms with E-state index < -0.39 is 6.04 Å². The maximum absolute atomic E-state index is 13.0. The zero-order valence-corrected chi connectivity index (χ0v) is 21.4. The molecule has 0 heterocycles. The van der Waals surface area contributed by atoms with E-state index in [1.807, 2.05) is 48.5 Å². The molecule has 0 bridgehead atoms. The Hall–Kier alpha value is -1.31. The Kier molecular flexibility index (Phi) is 11.0. The van der Waals surface area contributed by atoms with Crippen LogP contribution in [0.4, 0.5) is 0 Å². The number of halogens is 2. The van der Waals surface area contributed by atoms with E-state index in [9.17, 15) is 9.59 Å². The number of carbonyl (C=O) groups is 2. The number of thioether (sulfide) groups is 1. The van der Waals surface area contributed by atoms with E-state index in [0.29, 0.717) is 18.8 Å². The summed E-state index contributed by atoms with van der Waals surface area (Å²) in [5.41, 5.74) is 2.17. The number of hydrogen-bond acceptors (Lipinski definition) is 3. The van der Waals surface area contributed by atoms with Gasteiger partial charge in [-0.2, -0.15) is 0 Å². The van der Waals surface area contributed by atoms with Gasteiger partial charge in [0.2, 0.25) is 11.8 Å². The van der Waals surface area contributed by atoms with Crippen LogP contribution < -0.4 is 5.32 Å². The van der Waals surface area contributed by atoms with E-state index in [1.165, 1.54) is 5.56 Å². The average molecular weight is 556 g/mol. The molecule has 2 aromatic carbocycles. The second-order valence-corrected chi connectivity index (χ2v) is 9.90. The molecular formula is C23H28Br2N2O2S. The lowest BCUT2D eigenvalue weighted by molar-refractivity contribution is -0.138. The lowest BCUT2D eigenvalue weighted by atomic mass is 10.1. The molecule has 0 spiro atoms. The Balaban J connectivity index is 2.02. The van der Waals surface area contributed by atoms with Gasteiger partial charge >= 0.3 is 0 Å². The highest BCUT2D eigenvalue weighted by Crippen LogP contribution is 2.19. The summed E-state index contributed by atoms with van der Waals surface area (Å²) >= 11 is 8.44. The molecule has 2 aromatic rings. The first-order valence-corrected chi connectivity index (χ1v) is 12.8. The van der Waals surface area contributed by atoms with E-state index in [2.05, 4.69) is 44.1 Å². The average Bonchev–Trinajstić information content (AvgIpc) is 2.74. The minimum Gasteiger partial charge on any atom is -0.354 e. The molecule has 30 heavy (non-hydrogen) atoms. The Morgan fingerprint density at radius 2 is 1.57 bits per heavy atom. The van der Waals surface area contributed by atoms with Crippen molar-refractivity contribution in [3.05, 3.63) is 68.6 Å². The molecule has 0 saturated heterocycles. The molecule has 2 amide bonds. The van der Waals surface area contributed by atoms with Gasteiger partial charge in [-0.3, -0.25) is 9.59 Å². The lowest BCUT2D eigenvalue weighted by Gasteiger charge is -2.29. The van der Waals surface area contributed by atoms with Crippen LogP contribution >= 0.6 is 43.6 Å². The fourth-order valence-corrected chi connectivity index (χ4v) is 4.22. The van der Waals surface area contributed by atoms with Crippen molar-refractivity contribution in [3.63, 3.8) is 0 Å². The molecule has 0 unspecified atom stereocenters. The van der Waals surface area contributed by atoms with Crippen LogP contribution in [0, 0.1) is 0 Å². The third kappa shape index (κ3) is 8.44. The second-order valence-electron chi connectivity index (χ2n) is 7.09. The van der Waals surface area contributed by atoms with Gasteiger partial charge in [0.1, 0.15) is 6.04 Å². The molecule has 0 saturated carbocycles. The van der Waals surface area contributed by atoms with Crippen LogP contribution in [0.2, 0.25) is 0 Å². The first-order chi connectivity index (χ1) is 14.4. The third-order valence-corrected chi connectivity index (χ3v) is 6.72. The van der Waals surface area contributed by atoms with Gasteiger partial charge < -0.3 is 10.2 Å². The van der Waals surface area contributed by atoms with Crippen LogP contribution in [0.5, 0.6) is 0 Å². The highest BCUT2D eigenvalue weighted by Gasteiger charge is 2.25. The molecule has 0 aliphatic rings. The van der Waals surface area contributed by atoms with Crippen LogP contribution in [-0.2, 0) is 21.9 Å². The summed E-state index contributed by atoms with van der Waals surface area (Å²) in [6.45, 7) is 4.94. The van der Waals surface area contributed by atoms with Gasteiger partial charge in [-0.15, -0.1) is 11.8 Å². The lowest BCUT2D eigenvalue weighted by Crippen LogP contribution is -2.48. The monoisotopic (exact) mass is 554 g/mol. The maximum Gasteiger partial charge on any atom is 0.242 e. The number of rotatable bonds is 11.